The monoisotopic (exact) mass is 617 g/mol. The molecule has 2 fully saturated rings. The molecule has 0 unspecified atom stereocenters. The fourth-order valence-corrected chi connectivity index (χ4v) is 6.61. The Morgan fingerprint density at radius 1 is 0.957 bits per heavy atom. The molecule has 1 saturated carbocycles. The van der Waals surface area contributed by atoms with Crippen molar-refractivity contribution in [3.63, 3.8) is 0 Å². The van der Waals surface area contributed by atoms with Gasteiger partial charge in [0.25, 0.3) is 0 Å². The number of rotatable bonds is 8. The summed E-state index contributed by atoms with van der Waals surface area (Å²) in [5.41, 5.74) is 4.90. The van der Waals surface area contributed by atoms with Gasteiger partial charge in [0.2, 0.25) is 5.88 Å². The van der Waals surface area contributed by atoms with Gasteiger partial charge in [-0.05, 0) is 43.4 Å². The average molecular weight is 618 g/mol. The van der Waals surface area contributed by atoms with Crippen LogP contribution in [0.15, 0.2) is 61.4 Å². The number of hydrogen-bond acceptors (Lipinski definition) is 10. The summed E-state index contributed by atoms with van der Waals surface area (Å²) in [6.45, 7) is 1.62. The first-order valence-corrected chi connectivity index (χ1v) is 15.6. The van der Waals surface area contributed by atoms with Crippen molar-refractivity contribution < 1.29 is 14.3 Å². The predicted octanol–water partition coefficient (Wildman–Crippen LogP) is 4.84. The third-order valence-electron chi connectivity index (χ3n) is 9.39. The molecule has 5 aromatic heterocycles. The van der Waals surface area contributed by atoms with Crippen LogP contribution in [0.2, 0.25) is 0 Å². The van der Waals surface area contributed by atoms with E-state index in [0.29, 0.717) is 47.0 Å². The Kier molecular flexibility index (Phi) is 7.92. The second-order valence-electron chi connectivity index (χ2n) is 12.1. The number of pyridine rings is 2. The van der Waals surface area contributed by atoms with Crippen LogP contribution in [0.4, 0.5) is 5.82 Å². The van der Waals surface area contributed by atoms with Crippen LogP contribution in [0, 0.1) is 11.3 Å². The molecule has 1 aliphatic carbocycles. The first-order valence-electron chi connectivity index (χ1n) is 15.6. The van der Waals surface area contributed by atoms with Crippen molar-refractivity contribution in [2.24, 2.45) is 0 Å². The van der Waals surface area contributed by atoms with Gasteiger partial charge in [0.05, 0.1) is 48.7 Å². The fourth-order valence-electron chi connectivity index (χ4n) is 6.61. The van der Waals surface area contributed by atoms with E-state index < -0.39 is 0 Å². The zero-order valence-electron chi connectivity index (χ0n) is 26.0. The van der Waals surface area contributed by atoms with Crippen molar-refractivity contribution in [1.82, 2.24) is 34.3 Å². The number of piperidine rings is 1. The van der Waals surface area contributed by atoms with Crippen LogP contribution in [0.1, 0.15) is 55.7 Å². The number of anilines is 1. The summed E-state index contributed by atoms with van der Waals surface area (Å²) in [5, 5.41) is 18.9. The van der Waals surface area contributed by atoms with Crippen molar-refractivity contribution >= 4 is 17.1 Å². The van der Waals surface area contributed by atoms with Crippen molar-refractivity contribution in [3.05, 3.63) is 72.6 Å². The molecule has 0 bridgehead atoms. The van der Waals surface area contributed by atoms with E-state index in [9.17, 15) is 10.1 Å². The van der Waals surface area contributed by atoms with Crippen LogP contribution in [-0.4, -0.2) is 73.0 Å². The summed E-state index contributed by atoms with van der Waals surface area (Å²) in [7, 11) is 3.40. The Labute approximate surface area is 266 Å². The maximum atomic E-state index is 11.7. The molecule has 1 saturated heterocycles. The predicted molar refractivity (Wildman–Crippen MR) is 170 cm³/mol. The lowest BCUT2D eigenvalue weighted by molar-refractivity contribution is -0.120. The Hall–Kier alpha value is -5.15. The highest BCUT2D eigenvalue weighted by Crippen LogP contribution is 2.34. The number of hydrogen-bond donors (Lipinski definition) is 0. The minimum atomic E-state index is -0.263. The van der Waals surface area contributed by atoms with E-state index in [2.05, 4.69) is 26.2 Å². The van der Waals surface area contributed by atoms with Crippen molar-refractivity contribution in [2.75, 3.05) is 32.2 Å². The second-order valence-corrected chi connectivity index (χ2v) is 12.1. The van der Waals surface area contributed by atoms with Crippen LogP contribution in [0.25, 0.3) is 28.0 Å². The molecule has 12 nitrogen and oxygen atoms in total. The van der Waals surface area contributed by atoms with Crippen LogP contribution in [0.3, 0.4) is 0 Å². The molecule has 0 N–H and O–H groups in total. The zero-order valence-corrected chi connectivity index (χ0v) is 26.0. The van der Waals surface area contributed by atoms with Crippen molar-refractivity contribution in [2.45, 2.75) is 56.6 Å². The van der Waals surface area contributed by atoms with Crippen LogP contribution < -0.4 is 9.64 Å². The molecule has 0 radical (unpaired) electrons. The van der Waals surface area contributed by atoms with Gasteiger partial charge in [-0.1, -0.05) is 6.07 Å². The number of nitriles is 1. The number of aromatic nitrogens is 7. The summed E-state index contributed by atoms with van der Waals surface area (Å²) in [6.07, 6.45) is 16.1. The van der Waals surface area contributed by atoms with E-state index >= 15 is 0 Å². The number of Topliss-reactive ketones (excluding diaryl/α,β-unsaturated/α-hetero) is 1. The SMILES string of the molecule is COc1ccc(CC2(OC)CCN(c3ccc(-c4nc(-c5cnn(C6CCC(=O)CC6)c5)cn5ncc(C#N)c45)cn3)CC2)cn1. The van der Waals surface area contributed by atoms with Crippen LogP contribution in [-0.2, 0) is 16.0 Å². The smallest absolute Gasteiger partial charge is 0.212 e. The molecule has 46 heavy (non-hydrogen) atoms. The fraction of sp³-hybridized carbons (Fsp3) is 0.382. The highest BCUT2D eigenvalue weighted by atomic mass is 16.5. The lowest BCUT2D eigenvalue weighted by atomic mass is 9.85. The maximum Gasteiger partial charge on any atom is 0.212 e. The second kappa shape index (κ2) is 12.3. The van der Waals surface area contributed by atoms with Crippen molar-refractivity contribution in [3.8, 4) is 34.5 Å². The van der Waals surface area contributed by atoms with Crippen LogP contribution in [0.5, 0.6) is 5.88 Å². The summed E-state index contributed by atoms with van der Waals surface area (Å²) in [4.78, 5) is 28.2. The Bertz CT molecular complexity index is 1890. The van der Waals surface area contributed by atoms with Gasteiger partial charge >= 0.3 is 0 Å². The molecule has 0 aromatic carbocycles. The first kappa shape index (κ1) is 29.6. The third-order valence-corrected chi connectivity index (χ3v) is 9.39. The number of carbonyl (C=O) groups is 1. The maximum absolute atomic E-state index is 11.7. The van der Waals surface area contributed by atoms with Gasteiger partial charge in [0.1, 0.15) is 28.8 Å². The zero-order chi connectivity index (χ0) is 31.7. The standard InChI is InChI=1S/C34H35N9O3/c1-45-31-10-3-23(17-37-31)15-34(46-2)11-13-41(14-12-34)30-9-4-24(18-36-30)32-33-25(16-35)19-39-43(33)22-29(40-32)26-20-38-42(21-26)27-5-7-28(44)8-6-27/h3-4,9-10,17-22,27H,5-8,11-15H2,1-2H3. The molecule has 12 heteroatoms. The highest BCUT2D eigenvalue weighted by Gasteiger charge is 2.35. The van der Waals surface area contributed by atoms with Crippen molar-refractivity contribution in [1.29, 1.82) is 5.26 Å². The molecule has 2 aliphatic rings. The molecule has 7 rings (SSSR count). The quantitative estimate of drug-likeness (QED) is 0.238. The lowest BCUT2D eigenvalue weighted by Gasteiger charge is -2.41. The molecule has 234 valence electrons. The topological polar surface area (TPSA) is 136 Å². The number of ether oxygens (including phenoxy) is 2. The van der Waals surface area contributed by atoms with Gasteiger partial charge < -0.3 is 14.4 Å². The molecule has 0 atom stereocenters. The highest BCUT2D eigenvalue weighted by molar-refractivity contribution is 5.83. The number of ketones is 1. The Morgan fingerprint density at radius 2 is 1.78 bits per heavy atom. The van der Waals surface area contributed by atoms with Gasteiger partial charge in [0, 0.05) is 75.2 Å². The molecule has 1 aliphatic heterocycles. The number of fused-ring (bicyclic) bond motifs is 1. The number of methoxy groups -OCH3 is 2. The van der Waals surface area contributed by atoms with Gasteiger partial charge in [-0.2, -0.15) is 15.5 Å². The largest absolute Gasteiger partial charge is 0.481 e. The van der Waals surface area contributed by atoms with E-state index in [1.165, 1.54) is 0 Å². The Balaban J connectivity index is 1.11. The third kappa shape index (κ3) is 5.70. The summed E-state index contributed by atoms with van der Waals surface area (Å²) >= 11 is 0. The Morgan fingerprint density at radius 3 is 2.46 bits per heavy atom. The minimum absolute atomic E-state index is 0.199. The number of carbonyl (C=O) groups excluding carboxylic acids is 1. The number of nitrogens with zero attached hydrogens (tertiary/aromatic N) is 9. The summed E-state index contributed by atoms with van der Waals surface area (Å²) < 4.78 is 14.9. The molecular formula is C34H35N9O3. The molecular weight excluding hydrogens is 582 g/mol. The van der Waals surface area contributed by atoms with Gasteiger partial charge in [0.15, 0.2) is 0 Å². The average Bonchev–Trinajstić information content (AvgIpc) is 3.77. The molecule has 0 amide bonds. The van der Waals surface area contributed by atoms with Gasteiger partial charge in [-0.3, -0.25) is 9.48 Å². The van der Waals surface area contributed by atoms with Crippen LogP contribution >= 0.6 is 0 Å². The van der Waals surface area contributed by atoms with E-state index in [0.717, 1.165) is 67.7 Å². The van der Waals surface area contributed by atoms with E-state index in [1.54, 1.807) is 31.1 Å². The summed E-state index contributed by atoms with van der Waals surface area (Å²) in [6, 6.07) is 10.4. The van der Waals surface area contributed by atoms with E-state index in [1.807, 2.05) is 53.7 Å². The van der Waals surface area contributed by atoms with E-state index in [4.69, 9.17) is 19.4 Å². The van der Waals surface area contributed by atoms with Gasteiger partial charge in [-0.15, -0.1) is 0 Å². The molecule has 0 spiro atoms. The van der Waals surface area contributed by atoms with E-state index in [-0.39, 0.29) is 11.6 Å². The molecule has 6 heterocycles. The van der Waals surface area contributed by atoms with Gasteiger partial charge in [-0.25, -0.2) is 19.5 Å². The minimum Gasteiger partial charge on any atom is -0.481 e. The summed E-state index contributed by atoms with van der Waals surface area (Å²) in [5.74, 6) is 1.80. The first-order chi connectivity index (χ1) is 22.5. The normalized spacial score (nSPS) is 16.9. The lowest BCUT2D eigenvalue weighted by Crippen LogP contribution is -2.47. The molecule has 5 aromatic rings.